The van der Waals surface area contributed by atoms with E-state index in [2.05, 4.69) is 36.3 Å². The van der Waals surface area contributed by atoms with Crippen LogP contribution in [0.1, 0.15) is 10.5 Å². The van der Waals surface area contributed by atoms with Gasteiger partial charge in [0.2, 0.25) is 0 Å². The van der Waals surface area contributed by atoms with Crippen molar-refractivity contribution in [1.29, 1.82) is 0 Å². The van der Waals surface area contributed by atoms with Gasteiger partial charge in [0.15, 0.2) is 11.5 Å². The van der Waals surface area contributed by atoms with Crippen molar-refractivity contribution in [2.75, 3.05) is 5.32 Å². The highest BCUT2D eigenvalue weighted by Gasteiger charge is 2.10. The van der Waals surface area contributed by atoms with E-state index in [1.807, 2.05) is 12.1 Å². The number of rotatable bonds is 3. The number of nitrogens with one attached hydrogen (secondary N) is 2. The normalized spacial score (nSPS) is 10.4. The first-order valence-corrected chi connectivity index (χ1v) is 5.74. The summed E-state index contributed by atoms with van der Waals surface area (Å²) in [6, 6.07) is 7.22. The van der Waals surface area contributed by atoms with Gasteiger partial charge in [0.25, 0.3) is 5.91 Å². The van der Waals surface area contributed by atoms with Crippen LogP contribution in [0.3, 0.4) is 0 Å². The monoisotopic (exact) mass is 270 g/mol. The molecule has 0 saturated heterocycles. The lowest BCUT2D eigenvalue weighted by atomic mass is 10.2. The third-order valence-electron chi connectivity index (χ3n) is 2.65. The first-order valence-electron chi connectivity index (χ1n) is 5.74. The van der Waals surface area contributed by atoms with Crippen LogP contribution in [0.4, 0.5) is 5.69 Å². The molecule has 0 saturated carbocycles. The summed E-state index contributed by atoms with van der Waals surface area (Å²) in [6.45, 7) is 0. The Kier molecular flexibility index (Phi) is 2.92. The molecule has 20 heavy (non-hydrogen) atoms. The predicted octanol–water partition coefficient (Wildman–Crippen LogP) is 0.247. The van der Waals surface area contributed by atoms with E-state index < -0.39 is 0 Å². The molecule has 0 unspecified atom stereocenters. The molecule has 100 valence electrons. The molecule has 0 bridgehead atoms. The Morgan fingerprint density at radius 2 is 2.30 bits per heavy atom. The van der Waals surface area contributed by atoms with Crippen molar-refractivity contribution in [3.05, 3.63) is 36.2 Å². The average molecular weight is 270 g/mol. The van der Waals surface area contributed by atoms with Gasteiger partial charge >= 0.3 is 0 Å². The minimum Gasteiger partial charge on any atom is -0.321 e. The highest BCUT2D eigenvalue weighted by Crippen LogP contribution is 2.19. The van der Waals surface area contributed by atoms with Crippen LogP contribution in [-0.4, -0.2) is 41.5 Å². The Morgan fingerprint density at radius 1 is 1.40 bits per heavy atom. The van der Waals surface area contributed by atoms with Gasteiger partial charge in [-0.05, 0) is 22.6 Å². The molecule has 2 heterocycles. The maximum Gasteiger partial charge on any atom is 0.277 e. The Morgan fingerprint density at radius 3 is 3.00 bits per heavy atom. The van der Waals surface area contributed by atoms with Crippen molar-refractivity contribution in [1.82, 2.24) is 35.6 Å². The Labute approximate surface area is 113 Å². The molecule has 0 spiro atoms. The lowest BCUT2D eigenvalue weighted by molar-refractivity contribution is 0.102. The van der Waals surface area contributed by atoms with Gasteiger partial charge in [-0.15, -0.1) is 5.10 Å². The van der Waals surface area contributed by atoms with E-state index in [4.69, 9.17) is 0 Å². The second-order valence-electron chi connectivity index (χ2n) is 4.02. The molecule has 9 nitrogen and oxygen atoms in total. The molecule has 9 heteroatoms. The first kappa shape index (κ1) is 12.0. The van der Waals surface area contributed by atoms with Crippen LogP contribution in [0.15, 0.2) is 30.5 Å². The van der Waals surface area contributed by atoms with Crippen molar-refractivity contribution in [3.63, 3.8) is 0 Å². The molecule has 0 aliphatic carbocycles. The summed E-state index contributed by atoms with van der Waals surface area (Å²) in [5.74, 6) is 0.273. The Bertz CT molecular complexity index is 732. The topological polar surface area (TPSA) is 114 Å². The molecule has 1 amide bonds. The number of amides is 1. The summed E-state index contributed by atoms with van der Waals surface area (Å²) in [5, 5.41) is 23.7. The van der Waals surface area contributed by atoms with Crippen LogP contribution >= 0.6 is 0 Å². The fourth-order valence-electron chi connectivity index (χ4n) is 1.72. The Hall–Kier alpha value is -3.10. The van der Waals surface area contributed by atoms with E-state index in [1.54, 1.807) is 23.9 Å². The summed E-state index contributed by atoms with van der Waals surface area (Å²) < 4.78 is 1.55. The van der Waals surface area contributed by atoms with Crippen molar-refractivity contribution < 1.29 is 4.79 Å². The van der Waals surface area contributed by atoms with Gasteiger partial charge in [0.05, 0.1) is 6.20 Å². The Balaban J connectivity index is 1.85. The second kappa shape index (κ2) is 4.88. The number of hydrogen-bond acceptors (Lipinski definition) is 6. The number of anilines is 1. The van der Waals surface area contributed by atoms with Gasteiger partial charge in [-0.2, -0.15) is 15.4 Å². The number of aromatic amines is 1. The molecule has 0 radical (unpaired) electrons. The van der Waals surface area contributed by atoms with E-state index in [-0.39, 0.29) is 11.6 Å². The van der Waals surface area contributed by atoms with Gasteiger partial charge in [-0.3, -0.25) is 4.79 Å². The number of tetrazole rings is 1. The van der Waals surface area contributed by atoms with Crippen LogP contribution in [-0.2, 0) is 7.05 Å². The fraction of sp³-hybridized carbons (Fsp3) is 0.0909. The van der Waals surface area contributed by atoms with Crippen molar-refractivity contribution >= 4 is 11.6 Å². The van der Waals surface area contributed by atoms with Crippen molar-refractivity contribution in [3.8, 4) is 11.4 Å². The third kappa shape index (κ3) is 2.23. The van der Waals surface area contributed by atoms with Crippen molar-refractivity contribution in [2.45, 2.75) is 0 Å². The summed E-state index contributed by atoms with van der Waals surface area (Å²) in [6.07, 6.45) is 1.35. The predicted molar refractivity (Wildman–Crippen MR) is 68.6 cm³/mol. The van der Waals surface area contributed by atoms with Crippen LogP contribution < -0.4 is 5.32 Å². The van der Waals surface area contributed by atoms with E-state index in [9.17, 15) is 4.79 Å². The standard InChI is InChI=1S/C11H10N8O/c1-19-10(15-17-18-19)7-3-2-4-8(5-7)13-11(20)9-6-12-16-14-9/h2-6H,1H3,(H,13,20)(H,12,14,16). The molecule has 2 aromatic heterocycles. The summed E-state index contributed by atoms with van der Waals surface area (Å²) in [7, 11) is 1.75. The highest BCUT2D eigenvalue weighted by atomic mass is 16.2. The summed E-state index contributed by atoms with van der Waals surface area (Å²) in [5.41, 5.74) is 1.64. The van der Waals surface area contributed by atoms with E-state index in [0.29, 0.717) is 11.5 Å². The minimum atomic E-state index is -0.341. The van der Waals surface area contributed by atoms with Gasteiger partial charge < -0.3 is 5.32 Å². The zero-order chi connectivity index (χ0) is 13.9. The SMILES string of the molecule is Cn1nnnc1-c1cccc(NC(=O)c2cn[nH]n2)c1. The molecule has 0 fully saturated rings. The van der Waals surface area contributed by atoms with E-state index in [0.717, 1.165) is 5.56 Å². The zero-order valence-electron chi connectivity index (χ0n) is 10.5. The number of H-pyrrole nitrogens is 1. The van der Waals surface area contributed by atoms with Crippen LogP contribution in [0.2, 0.25) is 0 Å². The molecule has 0 aliphatic heterocycles. The molecule has 1 aromatic carbocycles. The van der Waals surface area contributed by atoms with Crippen LogP contribution in [0, 0.1) is 0 Å². The molecule has 2 N–H and O–H groups in total. The lowest BCUT2D eigenvalue weighted by Gasteiger charge is -2.05. The largest absolute Gasteiger partial charge is 0.321 e. The maximum atomic E-state index is 11.9. The number of benzene rings is 1. The third-order valence-corrected chi connectivity index (χ3v) is 2.65. The van der Waals surface area contributed by atoms with Gasteiger partial charge in [-0.1, -0.05) is 12.1 Å². The summed E-state index contributed by atoms with van der Waals surface area (Å²) in [4.78, 5) is 11.9. The minimum absolute atomic E-state index is 0.218. The molecule has 3 rings (SSSR count). The quantitative estimate of drug-likeness (QED) is 0.705. The number of aromatic nitrogens is 7. The number of carbonyl (C=O) groups is 1. The highest BCUT2D eigenvalue weighted by molar-refractivity contribution is 6.02. The zero-order valence-corrected chi connectivity index (χ0v) is 10.5. The van der Waals surface area contributed by atoms with Crippen LogP contribution in [0.5, 0.6) is 0 Å². The van der Waals surface area contributed by atoms with Gasteiger partial charge in [-0.25, -0.2) is 4.68 Å². The maximum absolute atomic E-state index is 11.9. The number of carbonyl (C=O) groups excluding carboxylic acids is 1. The van der Waals surface area contributed by atoms with E-state index >= 15 is 0 Å². The first-order chi connectivity index (χ1) is 9.74. The molecule has 0 atom stereocenters. The van der Waals surface area contributed by atoms with E-state index in [1.165, 1.54) is 6.20 Å². The van der Waals surface area contributed by atoms with Crippen LogP contribution in [0.25, 0.3) is 11.4 Å². The average Bonchev–Trinajstić information content (AvgIpc) is 3.10. The fourth-order valence-corrected chi connectivity index (χ4v) is 1.72. The van der Waals surface area contributed by atoms with Gasteiger partial charge in [0, 0.05) is 18.3 Å². The molecule has 3 aromatic rings. The van der Waals surface area contributed by atoms with Gasteiger partial charge in [0.1, 0.15) is 0 Å². The molecular weight excluding hydrogens is 260 g/mol. The summed E-state index contributed by atoms with van der Waals surface area (Å²) >= 11 is 0. The number of aryl methyl sites for hydroxylation is 1. The smallest absolute Gasteiger partial charge is 0.277 e. The second-order valence-corrected chi connectivity index (χ2v) is 4.02. The van der Waals surface area contributed by atoms with Crippen molar-refractivity contribution in [2.24, 2.45) is 7.05 Å². The number of nitrogens with zero attached hydrogens (tertiary/aromatic N) is 6. The molecule has 0 aliphatic rings. The molecular formula is C11H10N8O. The number of hydrogen-bond donors (Lipinski definition) is 2. The lowest BCUT2D eigenvalue weighted by Crippen LogP contribution is -2.12.